The van der Waals surface area contributed by atoms with Crippen molar-refractivity contribution in [2.75, 3.05) is 26.4 Å². The number of aromatic nitrogens is 2. The number of rotatable bonds is 10. The molecule has 0 bridgehead atoms. The minimum Gasteiger partial charge on any atom is -0.483 e. The number of benzene rings is 2. The van der Waals surface area contributed by atoms with Crippen LogP contribution in [0.3, 0.4) is 0 Å². The average molecular weight is 381 g/mol. The van der Waals surface area contributed by atoms with E-state index in [-0.39, 0.29) is 12.5 Å². The number of amides is 1. The van der Waals surface area contributed by atoms with Crippen molar-refractivity contribution >= 4 is 5.91 Å². The molecule has 0 saturated carbocycles. The summed E-state index contributed by atoms with van der Waals surface area (Å²) < 4.78 is 16.7. The van der Waals surface area contributed by atoms with E-state index in [9.17, 15) is 4.79 Å². The SMILES string of the molecule is CCOCCCNC(=O)COc1ccccc1-c1nnc(-c2ccccc2)o1. The number of carbonyl (C=O) groups excluding carboxylic acids is 1. The molecule has 1 N–H and O–H groups in total. The van der Waals surface area contributed by atoms with Crippen LogP contribution in [-0.2, 0) is 9.53 Å². The topological polar surface area (TPSA) is 86.5 Å². The number of hydrogen-bond acceptors (Lipinski definition) is 6. The maximum atomic E-state index is 12.0. The van der Waals surface area contributed by atoms with E-state index in [1.54, 1.807) is 6.07 Å². The van der Waals surface area contributed by atoms with Crippen molar-refractivity contribution in [2.45, 2.75) is 13.3 Å². The summed E-state index contributed by atoms with van der Waals surface area (Å²) in [5.74, 6) is 1.08. The van der Waals surface area contributed by atoms with Gasteiger partial charge in [-0.05, 0) is 37.6 Å². The predicted octanol–water partition coefficient (Wildman–Crippen LogP) is 3.33. The normalized spacial score (nSPS) is 10.6. The van der Waals surface area contributed by atoms with Gasteiger partial charge in [0.25, 0.3) is 11.8 Å². The highest BCUT2D eigenvalue weighted by atomic mass is 16.5. The average Bonchev–Trinajstić information content (AvgIpc) is 3.23. The van der Waals surface area contributed by atoms with Crippen LogP contribution in [0.4, 0.5) is 0 Å². The van der Waals surface area contributed by atoms with Gasteiger partial charge in [0.15, 0.2) is 6.61 Å². The predicted molar refractivity (Wildman–Crippen MR) is 105 cm³/mol. The van der Waals surface area contributed by atoms with E-state index in [0.717, 1.165) is 12.0 Å². The number of nitrogens with one attached hydrogen (secondary N) is 1. The van der Waals surface area contributed by atoms with Crippen LogP contribution in [0.5, 0.6) is 5.75 Å². The molecule has 2 aromatic carbocycles. The highest BCUT2D eigenvalue weighted by molar-refractivity contribution is 5.77. The Hall–Kier alpha value is -3.19. The molecule has 0 radical (unpaired) electrons. The quantitative estimate of drug-likeness (QED) is 0.542. The minimum atomic E-state index is -0.193. The molecule has 1 amide bonds. The van der Waals surface area contributed by atoms with Gasteiger partial charge in [-0.25, -0.2) is 0 Å². The second-order valence-electron chi connectivity index (χ2n) is 5.96. The first-order valence-electron chi connectivity index (χ1n) is 9.23. The Kier molecular flexibility index (Phi) is 7.14. The summed E-state index contributed by atoms with van der Waals surface area (Å²) >= 11 is 0. The van der Waals surface area contributed by atoms with E-state index in [0.29, 0.717) is 42.9 Å². The molecule has 0 fully saturated rings. The third kappa shape index (κ3) is 5.40. The van der Waals surface area contributed by atoms with Gasteiger partial charge >= 0.3 is 0 Å². The molecule has 7 heteroatoms. The number of para-hydroxylation sites is 1. The molecule has 7 nitrogen and oxygen atoms in total. The zero-order valence-corrected chi connectivity index (χ0v) is 15.8. The van der Waals surface area contributed by atoms with Crippen molar-refractivity contribution in [1.82, 2.24) is 15.5 Å². The Morgan fingerprint density at radius 2 is 1.79 bits per heavy atom. The van der Waals surface area contributed by atoms with Gasteiger partial charge in [0.1, 0.15) is 5.75 Å². The summed E-state index contributed by atoms with van der Waals surface area (Å²) in [4.78, 5) is 12.0. The van der Waals surface area contributed by atoms with Crippen LogP contribution in [0, 0.1) is 0 Å². The number of hydrogen-bond donors (Lipinski definition) is 1. The zero-order chi connectivity index (χ0) is 19.6. The highest BCUT2D eigenvalue weighted by Gasteiger charge is 2.15. The van der Waals surface area contributed by atoms with Gasteiger partial charge in [0, 0.05) is 25.3 Å². The number of ether oxygens (including phenoxy) is 2. The van der Waals surface area contributed by atoms with Gasteiger partial charge in [-0.2, -0.15) is 0 Å². The summed E-state index contributed by atoms with van der Waals surface area (Å²) in [6, 6.07) is 16.8. The van der Waals surface area contributed by atoms with E-state index >= 15 is 0 Å². The van der Waals surface area contributed by atoms with Crippen LogP contribution < -0.4 is 10.1 Å². The van der Waals surface area contributed by atoms with Crippen LogP contribution in [0.25, 0.3) is 22.9 Å². The van der Waals surface area contributed by atoms with Crippen molar-refractivity contribution in [3.8, 4) is 28.7 Å². The lowest BCUT2D eigenvalue weighted by Crippen LogP contribution is -2.30. The van der Waals surface area contributed by atoms with Gasteiger partial charge in [0.2, 0.25) is 5.89 Å². The van der Waals surface area contributed by atoms with E-state index in [2.05, 4.69) is 15.5 Å². The van der Waals surface area contributed by atoms with E-state index in [1.165, 1.54) is 0 Å². The molecule has 0 aliphatic rings. The number of nitrogens with zero attached hydrogens (tertiary/aromatic N) is 2. The Morgan fingerprint density at radius 3 is 2.61 bits per heavy atom. The standard InChI is InChI=1S/C21H23N3O4/c1-2-26-14-8-13-22-19(25)15-27-18-12-7-6-11-17(18)21-24-23-20(28-21)16-9-4-3-5-10-16/h3-7,9-12H,2,8,13-15H2,1H3,(H,22,25). The lowest BCUT2D eigenvalue weighted by Gasteiger charge is -2.09. The van der Waals surface area contributed by atoms with Crippen LogP contribution in [-0.4, -0.2) is 42.5 Å². The molecular weight excluding hydrogens is 358 g/mol. The Labute approximate surface area is 163 Å². The third-order valence-corrected chi connectivity index (χ3v) is 3.91. The van der Waals surface area contributed by atoms with Gasteiger partial charge in [0.05, 0.1) is 5.56 Å². The monoisotopic (exact) mass is 381 g/mol. The lowest BCUT2D eigenvalue weighted by atomic mass is 10.2. The summed E-state index contributed by atoms with van der Waals surface area (Å²) in [5.41, 5.74) is 1.48. The van der Waals surface area contributed by atoms with Gasteiger partial charge in [-0.15, -0.1) is 10.2 Å². The minimum absolute atomic E-state index is 0.0919. The molecule has 0 spiro atoms. The van der Waals surface area contributed by atoms with Crippen LogP contribution in [0.1, 0.15) is 13.3 Å². The van der Waals surface area contributed by atoms with Crippen molar-refractivity contribution in [2.24, 2.45) is 0 Å². The second-order valence-corrected chi connectivity index (χ2v) is 5.96. The first kappa shape index (κ1) is 19.6. The Morgan fingerprint density at radius 1 is 1.04 bits per heavy atom. The fraction of sp³-hybridized carbons (Fsp3) is 0.286. The summed E-state index contributed by atoms with van der Waals surface area (Å²) in [6.45, 7) is 3.70. The molecule has 0 atom stereocenters. The molecule has 0 aliphatic carbocycles. The molecule has 1 heterocycles. The largest absolute Gasteiger partial charge is 0.483 e. The van der Waals surface area contributed by atoms with Crippen molar-refractivity contribution in [3.63, 3.8) is 0 Å². The first-order chi connectivity index (χ1) is 13.8. The van der Waals surface area contributed by atoms with Crippen LogP contribution >= 0.6 is 0 Å². The first-order valence-corrected chi connectivity index (χ1v) is 9.23. The number of carbonyl (C=O) groups is 1. The third-order valence-electron chi connectivity index (χ3n) is 3.91. The molecule has 0 saturated heterocycles. The fourth-order valence-corrected chi connectivity index (χ4v) is 2.54. The molecule has 0 aliphatic heterocycles. The Balaban J connectivity index is 1.61. The van der Waals surface area contributed by atoms with Gasteiger partial charge in [-0.1, -0.05) is 30.3 Å². The van der Waals surface area contributed by atoms with Crippen LogP contribution in [0.2, 0.25) is 0 Å². The molecule has 1 aromatic heterocycles. The fourth-order valence-electron chi connectivity index (χ4n) is 2.54. The maximum Gasteiger partial charge on any atom is 0.257 e. The van der Waals surface area contributed by atoms with Gasteiger partial charge in [-0.3, -0.25) is 4.79 Å². The second kappa shape index (κ2) is 10.2. The molecule has 3 aromatic rings. The zero-order valence-electron chi connectivity index (χ0n) is 15.8. The molecule has 146 valence electrons. The van der Waals surface area contributed by atoms with Crippen molar-refractivity contribution in [1.29, 1.82) is 0 Å². The van der Waals surface area contributed by atoms with Crippen molar-refractivity contribution < 1.29 is 18.7 Å². The molecule has 0 unspecified atom stereocenters. The van der Waals surface area contributed by atoms with Crippen LogP contribution in [0.15, 0.2) is 59.0 Å². The van der Waals surface area contributed by atoms with E-state index in [1.807, 2.05) is 55.5 Å². The summed E-state index contributed by atoms with van der Waals surface area (Å²) in [7, 11) is 0. The van der Waals surface area contributed by atoms with Crippen molar-refractivity contribution in [3.05, 3.63) is 54.6 Å². The molecule has 3 rings (SSSR count). The highest BCUT2D eigenvalue weighted by Crippen LogP contribution is 2.30. The lowest BCUT2D eigenvalue weighted by molar-refractivity contribution is -0.123. The van der Waals surface area contributed by atoms with E-state index in [4.69, 9.17) is 13.9 Å². The Bertz CT molecular complexity index is 880. The van der Waals surface area contributed by atoms with Gasteiger partial charge < -0.3 is 19.2 Å². The molecule has 28 heavy (non-hydrogen) atoms. The summed E-state index contributed by atoms with van der Waals surface area (Å²) in [5, 5.41) is 11.0. The maximum absolute atomic E-state index is 12.0. The molecular formula is C21H23N3O4. The smallest absolute Gasteiger partial charge is 0.257 e. The summed E-state index contributed by atoms with van der Waals surface area (Å²) in [6.07, 6.45) is 0.764. The van der Waals surface area contributed by atoms with E-state index < -0.39 is 0 Å².